The second-order valence-corrected chi connectivity index (χ2v) is 4.19. The lowest BCUT2D eigenvalue weighted by Crippen LogP contribution is -2.43. The van der Waals surface area contributed by atoms with Gasteiger partial charge in [-0.05, 0) is 13.3 Å². The fourth-order valence-corrected chi connectivity index (χ4v) is 1.18. The summed E-state index contributed by atoms with van der Waals surface area (Å²) in [7, 11) is 1.60. The van der Waals surface area contributed by atoms with Crippen LogP contribution in [0.5, 0.6) is 0 Å². The fourth-order valence-electron chi connectivity index (χ4n) is 1.18. The number of hydrogen-bond acceptors (Lipinski definition) is 4. The van der Waals surface area contributed by atoms with Gasteiger partial charge in [-0.3, -0.25) is 4.79 Å². The van der Waals surface area contributed by atoms with Crippen molar-refractivity contribution in [3.8, 4) is 0 Å². The van der Waals surface area contributed by atoms with Gasteiger partial charge < -0.3 is 20.5 Å². The molecule has 5 heteroatoms. The van der Waals surface area contributed by atoms with Crippen LogP contribution >= 0.6 is 0 Å². The van der Waals surface area contributed by atoms with E-state index in [1.165, 1.54) is 0 Å². The second kappa shape index (κ2) is 8.50. The third kappa shape index (κ3) is 8.64. The highest BCUT2D eigenvalue weighted by Crippen LogP contribution is 2.06. The van der Waals surface area contributed by atoms with Crippen LogP contribution in [0.25, 0.3) is 0 Å². The zero-order valence-electron chi connectivity index (χ0n) is 10.5. The van der Waals surface area contributed by atoms with Gasteiger partial charge in [0.15, 0.2) is 0 Å². The Hall–Kier alpha value is -0.650. The Morgan fingerprint density at radius 2 is 2.19 bits per heavy atom. The van der Waals surface area contributed by atoms with Crippen molar-refractivity contribution >= 4 is 5.91 Å². The van der Waals surface area contributed by atoms with Gasteiger partial charge in [-0.1, -0.05) is 6.92 Å². The minimum absolute atomic E-state index is 0.0376. The van der Waals surface area contributed by atoms with Crippen LogP contribution in [0, 0.1) is 0 Å². The topological polar surface area (TPSA) is 70.6 Å². The third-order valence-electron chi connectivity index (χ3n) is 2.21. The Kier molecular flexibility index (Phi) is 8.15. The minimum atomic E-state index is -0.832. The molecule has 0 aromatic carbocycles. The van der Waals surface area contributed by atoms with E-state index in [1.807, 2.05) is 6.92 Å². The Morgan fingerprint density at radius 1 is 1.50 bits per heavy atom. The maximum atomic E-state index is 11.2. The number of methoxy groups -OCH3 is 1. The van der Waals surface area contributed by atoms with E-state index in [1.54, 1.807) is 14.0 Å². The first-order valence-electron chi connectivity index (χ1n) is 5.70. The maximum Gasteiger partial charge on any atom is 0.233 e. The molecule has 0 saturated carbocycles. The van der Waals surface area contributed by atoms with E-state index in [9.17, 15) is 9.90 Å². The summed E-state index contributed by atoms with van der Waals surface area (Å²) < 4.78 is 4.89. The number of aliphatic hydroxyl groups is 1. The molecule has 5 nitrogen and oxygen atoms in total. The first-order chi connectivity index (χ1) is 7.52. The first-order valence-corrected chi connectivity index (χ1v) is 5.70. The number of amides is 1. The van der Waals surface area contributed by atoms with Crippen molar-refractivity contribution in [1.82, 2.24) is 10.6 Å². The van der Waals surface area contributed by atoms with Crippen molar-refractivity contribution in [2.24, 2.45) is 0 Å². The summed E-state index contributed by atoms with van der Waals surface area (Å²) >= 11 is 0. The van der Waals surface area contributed by atoms with Gasteiger partial charge in [0.2, 0.25) is 5.91 Å². The van der Waals surface area contributed by atoms with E-state index in [2.05, 4.69) is 10.6 Å². The highest BCUT2D eigenvalue weighted by atomic mass is 16.5. The standard InChI is InChI=1S/C11H24N2O3/c1-4-6-13-10(14)8-12-9-11(2,15)5-7-16-3/h12,15H,4-9H2,1-3H3,(H,13,14). The minimum Gasteiger partial charge on any atom is -0.389 e. The molecule has 0 aliphatic carbocycles. The Bertz CT molecular complexity index is 196. The van der Waals surface area contributed by atoms with Crippen molar-refractivity contribution in [3.63, 3.8) is 0 Å². The van der Waals surface area contributed by atoms with Gasteiger partial charge in [-0.25, -0.2) is 0 Å². The van der Waals surface area contributed by atoms with Crippen LogP contribution in [0.3, 0.4) is 0 Å². The van der Waals surface area contributed by atoms with E-state index >= 15 is 0 Å². The van der Waals surface area contributed by atoms with Crippen LogP contribution in [0.4, 0.5) is 0 Å². The number of ether oxygens (including phenoxy) is 1. The van der Waals surface area contributed by atoms with Gasteiger partial charge in [-0.2, -0.15) is 0 Å². The van der Waals surface area contributed by atoms with E-state index in [4.69, 9.17) is 4.74 Å². The van der Waals surface area contributed by atoms with Crippen LogP contribution in [0.15, 0.2) is 0 Å². The lowest BCUT2D eigenvalue weighted by Gasteiger charge is -2.23. The van der Waals surface area contributed by atoms with E-state index in [-0.39, 0.29) is 12.5 Å². The molecule has 1 unspecified atom stereocenters. The Morgan fingerprint density at radius 3 is 2.75 bits per heavy atom. The normalized spacial score (nSPS) is 14.5. The van der Waals surface area contributed by atoms with Crippen LogP contribution < -0.4 is 10.6 Å². The smallest absolute Gasteiger partial charge is 0.233 e. The van der Waals surface area contributed by atoms with Gasteiger partial charge >= 0.3 is 0 Å². The average molecular weight is 232 g/mol. The number of rotatable bonds is 9. The van der Waals surface area contributed by atoms with Gasteiger partial charge in [0, 0.05) is 33.2 Å². The van der Waals surface area contributed by atoms with Crippen molar-refractivity contribution in [2.75, 3.05) is 33.4 Å². The monoisotopic (exact) mass is 232 g/mol. The summed E-state index contributed by atoms with van der Waals surface area (Å²) in [6, 6.07) is 0. The molecule has 0 fully saturated rings. The zero-order valence-corrected chi connectivity index (χ0v) is 10.5. The molecule has 0 aliphatic heterocycles. The van der Waals surface area contributed by atoms with Crippen molar-refractivity contribution in [1.29, 1.82) is 0 Å². The van der Waals surface area contributed by atoms with E-state index < -0.39 is 5.60 Å². The van der Waals surface area contributed by atoms with E-state index in [0.717, 1.165) is 6.42 Å². The molecule has 0 radical (unpaired) electrons. The van der Waals surface area contributed by atoms with Gasteiger partial charge in [-0.15, -0.1) is 0 Å². The predicted octanol–water partition coefficient (Wildman–Crippen LogP) is -0.110. The molecule has 16 heavy (non-hydrogen) atoms. The fraction of sp³-hybridized carbons (Fsp3) is 0.909. The third-order valence-corrected chi connectivity index (χ3v) is 2.21. The highest BCUT2D eigenvalue weighted by Gasteiger charge is 2.19. The molecule has 0 aromatic rings. The molecule has 0 heterocycles. The molecule has 0 saturated heterocycles. The molecule has 0 spiro atoms. The van der Waals surface area contributed by atoms with Crippen LogP contribution in [-0.4, -0.2) is 50.0 Å². The molecule has 3 N–H and O–H groups in total. The van der Waals surface area contributed by atoms with Gasteiger partial charge in [0.25, 0.3) is 0 Å². The number of carbonyl (C=O) groups is 1. The zero-order chi connectivity index (χ0) is 12.4. The van der Waals surface area contributed by atoms with Gasteiger partial charge in [0.05, 0.1) is 12.1 Å². The van der Waals surface area contributed by atoms with Gasteiger partial charge in [0.1, 0.15) is 0 Å². The molecule has 0 bridgehead atoms. The van der Waals surface area contributed by atoms with Crippen molar-refractivity contribution in [2.45, 2.75) is 32.3 Å². The summed E-state index contributed by atoms with van der Waals surface area (Å²) in [5.74, 6) is -0.0376. The molecule has 96 valence electrons. The van der Waals surface area contributed by atoms with Crippen LogP contribution in [0.1, 0.15) is 26.7 Å². The number of carbonyl (C=O) groups excluding carboxylic acids is 1. The van der Waals surface area contributed by atoms with Crippen molar-refractivity contribution < 1.29 is 14.6 Å². The summed E-state index contributed by atoms with van der Waals surface area (Å²) in [5, 5.41) is 15.5. The van der Waals surface area contributed by atoms with Crippen LogP contribution in [0.2, 0.25) is 0 Å². The van der Waals surface area contributed by atoms with E-state index in [0.29, 0.717) is 26.1 Å². The summed E-state index contributed by atoms with van der Waals surface area (Å²) in [5.41, 5.74) is -0.832. The Labute approximate surface area is 97.6 Å². The van der Waals surface area contributed by atoms with Crippen LogP contribution in [-0.2, 0) is 9.53 Å². The summed E-state index contributed by atoms with van der Waals surface area (Å²) in [6.45, 7) is 5.56. The average Bonchev–Trinajstić information content (AvgIpc) is 2.23. The highest BCUT2D eigenvalue weighted by molar-refractivity contribution is 5.77. The largest absolute Gasteiger partial charge is 0.389 e. The molecule has 0 rings (SSSR count). The number of hydrogen-bond donors (Lipinski definition) is 3. The summed E-state index contributed by atoms with van der Waals surface area (Å²) in [6.07, 6.45) is 1.48. The second-order valence-electron chi connectivity index (χ2n) is 4.19. The lowest BCUT2D eigenvalue weighted by molar-refractivity contribution is -0.120. The van der Waals surface area contributed by atoms with Crippen molar-refractivity contribution in [3.05, 3.63) is 0 Å². The summed E-state index contributed by atoms with van der Waals surface area (Å²) in [4.78, 5) is 11.2. The quantitative estimate of drug-likeness (QED) is 0.519. The molecular formula is C11H24N2O3. The molecule has 1 amide bonds. The first kappa shape index (κ1) is 15.3. The molecular weight excluding hydrogens is 208 g/mol. The molecule has 0 aromatic heterocycles. The lowest BCUT2D eigenvalue weighted by atomic mass is 10.0. The maximum absolute atomic E-state index is 11.2. The molecule has 1 atom stereocenters. The number of nitrogens with one attached hydrogen (secondary N) is 2. The molecule has 0 aliphatic rings. The predicted molar refractivity (Wildman–Crippen MR) is 63.3 cm³/mol. The Balaban J connectivity index is 3.59. The SMILES string of the molecule is CCCNC(=O)CNCC(C)(O)CCOC.